The molecule has 19 heavy (non-hydrogen) atoms. The molecule has 0 spiro atoms. The van der Waals surface area contributed by atoms with Crippen molar-refractivity contribution < 1.29 is 0 Å². The molecule has 0 saturated carbocycles. The van der Waals surface area contributed by atoms with Gasteiger partial charge < -0.3 is 11.1 Å². The van der Waals surface area contributed by atoms with Gasteiger partial charge in [0.2, 0.25) is 0 Å². The van der Waals surface area contributed by atoms with Crippen molar-refractivity contribution in [1.82, 2.24) is 4.98 Å². The van der Waals surface area contributed by atoms with Crippen LogP contribution in [0.4, 0.5) is 11.5 Å². The summed E-state index contributed by atoms with van der Waals surface area (Å²) in [4.78, 5) is 4.45. The van der Waals surface area contributed by atoms with Gasteiger partial charge >= 0.3 is 0 Å². The number of pyridine rings is 1. The molecule has 1 unspecified atom stereocenters. The highest BCUT2D eigenvalue weighted by Gasteiger charge is 2.23. The lowest BCUT2D eigenvalue weighted by molar-refractivity contribution is 0.756. The summed E-state index contributed by atoms with van der Waals surface area (Å²) in [5.41, 5.74) is 10.5. The largest absolute Gasteiger partial charge is 0.399 e. The van der Waals surface area contributed by atoms with Crippen LogP contribution in [0.15, 0.2) is 34.9 Å². The number of halogens is 1. The van der Waals surface area contributed by atoms with E-state index in [-0.39, 0.29) is 0 Å². The van der Waals surface area contributed by atoms with E-state index in [0.717, 1.165) is 34.4 Å². The second-order valence-corrected chi connectivity index (χ2v) is 5.93. The lowest BCUT2D eigenvalue weighted by Crippen LogP contribution is -2.09. The minimum Gasteiger partial charge on any atom is -0.399 e. The van der Waals surface area contributed by atoms with E-state index in [9.17, 15) is 0 Å². The lowest BCUT2D eigenvalue weighted by Gasteiger charge is -2.16. The Morgan fingerprint density at radius 2 is 2.21 bits per heavy atom. The van der Waals surface area contributed by atoms with E-state index in [0.29, 0.717) is 6.04 Å². The van der Waals surface area contributed by atoms with E-state index in [4.69, 9.17) is 5.73 Å². The first-order valence-corrected chi connectivity index (χ1v) is 7.20. The third-order valence-electron chi connectivity index (χ3n) is 3.60. The van der Waals surface area contributed by atoms with Gasteiger partial charge in [0.15, 0.2) is 0 Å². The summed E-state index contributed by atoms with van der Waals surface area (Å²) in [5.74, 6) is 0.956. The van der Waals surface area contributed by atoms with Gasteiger partial charge in [0, 0.05) is 16.4 Å². The van der Waals surface area contributed by atoms with Gasteiger partial charge in [-0.15, -0.1) is 0 Å². The van der Waals surface area contributed by atoms with Gasteiger partial charge in [0.05, 0.1) is 6.04 Å². The Labute approximate surface area is 121 Å². The van der Waals surface area contributed by atoms with Crippen LogP contribution in [0.1, 0.15) is 29.2 Å². The standard InChI is InChI=1S/C15H16BrN3/c1-9-6-11(16)8-18-15(9)19-14-5-2-10-7-12(17)3-4-13(10)14/h3-4,6-8,14H,2,5,17H2,1H3,(H,18,19). The number of rotatable bonds is 2. The summed E-state index contributed by atoms with van der Waals surface area (Å²) < 4.78 is 1.01. The summed E-state index contributed by atoms with van der Waals surface area (Å²) in [6.07, 6.45) is 4.00. The first-order valence-electron chi connectivity index (χ1n) is 6.40. The van der Waals surface area contributed by atoms with Crippen LogP contribution in [-0.4, -0.2) is 4.98 Å². The minimum absolute atomic E-state index is 0.336. The molecule has 3 nitrogen and oxygen atoms in total. The van der Waals surface area contributed by atoms with E-state index >= 15 is 0 Å². The van der Waals surface area contributed by atoms with Gasteiger partial charge in [-0.1, -0.05) is 6.07 Å². The molecule has 0 radical (unpaired) electrons. The van der Waals surface area contributed by atoms with Crippen molar-refractivity contribution in [2.24, 2.45) is 0 Å². The first kappa shape index (κ1) is 12.5. The van der Waals surface area contributed by atoms with E-state index in [1.54, 1.807) is 0 Å². The van der Waals surface area contributed by atoms with Crippen molar-refractivity contribution in [3.8, 4) is 0 Å². The van der Waals surface area contributed by atoms with Gasteiger partial charge in [-0.2, -0.15) is 0 Å². The normalized spacial score (nSPS) is 17.3. The second-order valence-electron chi connectivity index (χ2n) is 5.01. The quantitative estimate of drug-likeness (QED) is 0.827. The number of nitrogens with two attached hydrogens (primary N) is 1. The van der Waals surface area contributed by atoms with E-state index in [2.05, 4.69) is 51.4 Å². The van der Waals surface area contributed by atoms with Crippen molar-refractivity contribution in [2.45, 2.75) is 25.8 Å². The van der Waals surface area contributed by atoms with Crippen LogP contribution >= 0.6 is 15.9 Å². The first-order chi connectivity index (χ1) is 9.13. The number of anilines is 2. The number of hydrogen-bond donors (Lipinski definition) is 2. The lowest BCUT2D eigenvalue weighted by atomic mass is 10.1. The fourth-order valence-electron chi connectivity index (χ4n) is 2.64. The fraction of sp³-hybridized carbons (Fsp3) is 0.267. The maximum absolute atomic E-state index is 5.83. The maximum atomic E-state index is 5.83. The molecule has 0 amide bonds. The highest BCUT2D eigenvalue weighted by atomic mass is 79.9. The number of nitrogen functional groups attached to an aromatic ring is 1. The molecule has 98 valence electrons. The zero-order valence-electron chi connectivity index (χ0n) is 10.8. The number of nitrogens with zero attached hydrogens (tertiary/aromatic N) is 1. The van der Waals surface area contributed by atoms with Crippen molar-refractivity contribution in [1.29, 1.82) is 0 Å². The predicted octanol–water partition coefficient (Wildman–Crippen LogP) is 3.83. The molecule has 4 heteroatoms. The summed E-state index contributed by atoms with van der Waals surface area (Å²) in [5, 5.41) is 3.54. The Hall–Kier alpha value is -1.55. The van der Waals surface area contributed by atoms with Crippen molar-refractivity contribution in [3.63, 3.8) is 0 Å². The number of hydrogen-bond acceptors (Lipinski definition) is 3. The van der Waals surface area contributed by atoms with E-state index in [1.807, 2.05) is 12.3 Å². The number of benzene rings is 1. The zero-order valence-corrected chi connectivity index (χ0v) is 12.4. The van der Waals surface area contributed by atoms with Gasteiger partial charge in [-0.05, 0) is 70.6 Å². The Morgan fingerprint density at radius 3 is 3.00 bits per heavy atom. The van der Waals surface area contributed by atoms with Crippen LogP contribution in [0, 0.1) is 6.92 Å². The molecule has 0 fully saturated rings. The fourth-order valence-corrected chi connectivity index (χ4v) is 3.09. The Balaban J connectivity index is 1.86. The average molecular weight is 318 g/mol. The molecule has 1 aliphatic rings. The molecule has 1 aromatic carbocycles. The molecule has 3 rings (SSSR count). The highest BCUT2D eigenvalue weighted by molar-refractivity contribution is 9.10. The number of fused-ring (bicyclic) bond motifs is 1. The number of aromatic nitrogens is 1. The van der Waals surface area contributed by atoms with Gasteiger partial charge in [-0.25, -0.2) is 4.98 Å². The third-order valence-corrected chi connectivity index (χ3v) is 4.03. The smallest absolute Gasteiger partial charge is 0.129 e. The second kappa shape index (κ2) is 4.85. The van der Waals surface area contributed by atoms with Gasteiger partial charge in [0.25, 0.3) is 0 Å². The Kier molecular flexibility index (Phi) is 3.19. The van der Waals surface area contributed by atoms with Crippen LogP contribution in [0.2, 0.25) is 0 Å². The minimum atomic E-state index is 0.336. The molecular weight excluding hydrogens is 302 g/mol. The molecule has 3 N–H and O–H groups in total. The van der Waals surface area contributed by atoms with Crippen LogP contribution in [0.25, 0.3) is 0 Å². The SMILES string of the molecule is Cc1cc(Br)cnc1NC1CCc2cc(N)ccc21. The number of nitrogens with one attached hydrogen (secondary N) is 1. The Bertz CT molecular complexity index is 625. The topological polar surface area (TPSA) is 50.9 Å². The van der Waals surface area contributed by atoms with Crippen molar-refractivity contribution in [3.05, 3.63) is 51.6 Å². The predicted molar refractivity (Wildman–Crippen MR) is 82.2 cm³/mol. The number of aryl methyl sites for hydroxylation is 2. The molecule has 0 aliphatic heterocycles. The average Bonchev–Trinajstić information content (AvgIpc) is 2.75. The zero-order chi connectivity index (χ0) is 13.4. The van der Waals surface area contributed by atoms with Crippen molar-refractivity contribution >= 4 is 27.4 Å². The summed E-state index contributed by atoms with van der Waals surface area (Å²) in [6, 6.07) is 8.60. The summed E-state index contributed by atoms with van der Waals surface area (Å²) in [6.45, 7) is 2.07. The molecule has 0 saturated heterocycles. The van der Waals surface area contributed by atoms with Crippen LogP contribution in [0.3, 0.4) is 0 Å². The molecule has 2 aromatic rings. The molecule has 1 aromatic heterocycles. The summed E-state index contributed by atoms with van der Waals surface area (Å²) >= 11 is 3.44. The Morgan fingerprint density at radius 1 is 1.37 bits per heavy atom. The van der Waals surface area contributed by atoms with E-state index < -0.39 is 0 Å². The summed E-state index contributed by atoms with van der Waals surface area (Å²) in [7, 11) is 0. The molecule has 1 heterocycles. The molecule has 1 atom stereocenters. The van der Waals surface area contributed by atoms with Crippen LogP contribution < -0.4 is 11.1 Å². The van der Waals surface area contributed by atoms with Crippen molar-refractivity contribution in [2.75, 3.05) is 11.1 Å². The molecular formula is C15H16BrN3. The molecule has 1 aliphatic carbocycles. The maximum Gasteiger partial charge on any atom is 0.129 e. The third kappa shape index (κ3) is 2.45. The van der Waals surface area contributed by atoms with Crippen LogP contribution in [0.5, 0.6) is 0 Å². The highest BCUT2D eigenvalue weighted by Crippen LogP contribution is 2.35. The van der Waals surface area contributed by atoms with Crippen LogP contribution in [-0.2, 0) is 6.42 Å². The monoisotopic (exact) mass is 317 g/mol. The van der Waals surface area contributed by atoms with Gasteiger partial charge in [-0.3, -0.25) is 0 Å². The molecule has 0 bridgehead atoms. The van der Waals surface area contributed by atoms with Gasteiger partial charge in [0.1, 0.15) is 5.82 Å². The van der Waals surface area contributed by atoms with E-state index in [1.165, 1.54) is 11.1 Å².